The maximum Gasteiger partial charge on any atom is 0.269 e. The lowest BCUT2D eigenvalue weighted by Gasteiger charge is -1.97. The number of carbonyl (C=O) groups is 1. The third-order valence-electron chi connectivity index (χ3n) is 1.27. The van der Waals surface area contributed by atoms with Gasteiger partial charge >= 0.3 is 0 Å². The molecule has 0 aromatic carbocycles. The second kappa shape index (κ2) is 4.13. The summed E-state index contributed by atoms with van der Waals surface area (Å²) in [5.41, 5.74) is 0.410. The molecule has 1 rings (SSSR count). The molecule has 1 heterocycles. The van der Waals surface area contributed by atoms with Crippen LogP contribution in [0.2, 0.25) is 0 Å². The summed E-state index contributed by atoms with van der Waals surface area (Å²) in [4.78, 5) is 11.1. The number of nitrogens with zero attached hydrogens (tertiary/aromatic N) is 2. The standard InChI is InChI=1S/C7H8N4O/c8-3-1-4-9-7(12)6-2-5-10-11-6/h2,5H,1,4H2,(H,9,12)(H,10,11). The van der Waals surface area contributed by atoms with Crippen LogP contribution in [-0.4, -0.2) is 22.6 Å². The van der Waals surface area contributed by atoms with Gasteiger partial charge in [-0.05, 0) is 6.07 Å². The van der Waals surface area contributed by atoms with Gasteiger partial charge in [0, 0.05) is 12.7 Å². The molecule has 62 valence electrons. The minimum absolute atomic E-state index is 0.234. The normalized spacial score (nSPS) is 8.92. The van der Waals surface area contributed by atoms with Crippen LogP contribution in [0, 0.1) is 11.3 Å². The molecule has 0 fully saturated rings. The van der Waals surface area contributed by atoms with E-state index in [-0.39, 0.29) is 5.91 Å². The predicted molar refractivity (Wildman–Crippen MR) is 41.2 cm³/mol. The molecule has 1 aromatic rings. The second-order valence-electron chi connectivity index (χ2n) is 2.13. The third kappa shape index (κ3) is 2.09. The molecule has 0 unspecified atom stereocenters. The number of H-pyrrole nitrogens is 1. The molecule has 1 aromatic heterocycles. The number of aromatic nitrogens is 2. The lowest BCUT2D eigenvalue weighted by molar-refractivity contribution is 0.0949. The summed E-state index contributed by atoms with van der Waals surface area (Å²) in [5.74, 6) is -0.234. The summed E-state index contributed by atoms with van der Waals surface area (Å²) < 4.78 is 0. The molecule has 0 aliphatic carbocycles. The zero-order valence-electron chi connectivity index (χ0n) is 6.37. The van der Waals surface area contributed by atoms with Crippen LogP contribution in [0.25, 0.3) is 0 Å². The van der Waals surface area contributed by atoms with Crippen molar-refractivity contribution in [3.8, 4) is 6.07 Å². The van der Waals surface area contributed by atoms with Crippen LogP contribution in [-0.2, 0) is 0 Å². The maximum absolute atomic E-state index is 11.1. The van der Waals surface area contributed by atoms with Gasteiger partial charge in [-0.15, -0.1) is 0 Å². The van der Waals surface area contributed by atoms with Crippen LogP contribution < -0.4 is 5.32 Å². The molecule has 5 nitrogen and oxygen atoms in total. The van der Waals surface area contributed by atoms with Crippen molar-refractivity contribution in [1.82, 2.24) is 15.5 Å². The SMILES string of the molecule is N#CCCNC(=O)c1ccn[nH]1. The number of nitriles is 1. The number of nitrogens with one attached hydrogen (secondary N) is 2. The highest BCUT2D eigenvalue weighted by Crippen LogP contribution is 1.89. The van der Waals surface area contributed by atoms with Gasteiger partial charge in [-0.3, -0.25) is 9.89 Å². The summed E-state index contributed by atoms with van der Waals surface area (Å²) in [5, 5.41) is 16.9. The Kier molecular flexibility index (Phi) is 2.85. The molecule has 0 atom stereocenters. The van der Waals surface area contributed by atoms with Crippen molar-refractivity contribution in [3.05, 3.63) is 18.0 Å². The Morgan fingerprint density at radius 1 is 1.83 bits per heavy atom. The highest BCUT2D eigenvalue weighted by atomic mass is 16.1. The average molecular weight is 164 g/mol. The van der Waals surface area contributed by atoms with Crippen LogP contribution in [0.1, 0.15) is 16.9 Å². The number of rotatable bonds is 3. The van der Waals surface area contributed by atoms with Gasteiger partial charge in [0.1, 0.15) is 5.69 Å². The van der Waals surface area contributed by atoms with E-state index in [0.717, 1.165) is 0 Å². The zero-order valence-corrected chi connectivity index (χ0v) is 6.37. The molecule has 2 N–H and O–H groups in total. The predicted octanol–water partition coefficient (Wildman–Crippen LogP) is 0.0532. The summed E-state index contributed by atoms with van der Waals surface area (Å²) in [6.07, 6.45) is 1.82. The highest BCUT2D eigenvalue weighted by molar-refractivity contribution is 5.92. The Morgan fingerprint density at radius 3 is 3.25 bits per heavy atom. The average Bonchev–Trinajstić information content (AvgIpc) is 2.56. The number of hydrogen-bond acceptors (Lipinski definition) is 3. The van der Waals surface area contributed by atoms with Crippen molar-refractivity contribution in [2.24, 2.45) is 0 Å². The van der Waals surface area contributed by atoms with Crippen molar-refractivity contribution in [2.75, 3.05) is 6.54 Å². The minimum atomic E-state index is -0.234. The Hall–Kier alpha value is -1.83. The van der Waals surface area contributed by atoms with Crippen molar-refractivity contribution in [3.63, 3.8) is 0 Å². The van der Waals surface area contributed by atoms with Gasteiger partial charge in [0.15, 0.2) is 0 Å². The molecular formula is C7H8N4O. The van der Waals surface area contributed by atoms with E-state index in [1.807, 2.05) is 6.07 Å². The van der Waals surface area contributed by atoms with E-state index in [2.05, 4.69) is 15.5 Å². The molecule has 0 aliphatic heterocycles. The van der Waals surface area contributed by atoms with Crippen molar-refractivity contribution < 1.29 is 4.79 Å². The Balaban J connectivity index is 2.36. The lowest BCUT2D eigenvalue weighted by atomic mass is 10.4. The fourth-order valence-electron chi connectivity index (χ4n) is 0.709. The monoisotopic (exact) mass is 164 g/mol. The maximum atomic E-state index is 11.1. The Labute approximate surface area is 69.4 Å². The molecule has 12 heavy (non-hydrogen) atoms. The Morgan fingerprint density at radius 2 is 2.67 bits per heavy atom. The van der Waals surface area contributed by atoms with Crippen LogP contribution in [0.5, 0.6) is 0 Å². The third-order valence-corrected chi connectivity index (χ3v) is 1.27. The largest absolute Gasteiger partial charge is 0.350 e. The minimum Gasteiger partial charge on any atom is -0.350 e. The van der Waals surface area contributed by atoms with E-state index in [0.29, 0.717) is 18.7 Å². The van der Waals surface area contributed by atoms with Gasteiger partial charge in [-0.2, -0.15) is 10.4 Å². The fraction of sp³-hybridized carbons (Fsp3) is 0.286. The summed E-state index contributed by atoms with van der Waals surface area (Å²) in [6.45, 7) is 0.369. The fourth-order valence-corrected chi connectivity index (χ4v) is 0.709. The number of aromatic amines is 1. The molecule has 0 aliphatic rings. The van der Waals surface area contributed by atoms with E-state index < -0.39 is 0 Å². The van der Waals surface area contributed by atoms with Gasteiger partial charge in [0.05, 0.1) is 12.5 Å². The van der Waals surface area contributed by atoms with Crippen LogP contribution in [0.15, 0.2) is 12.3 Å². The van der Waals surface area contributed by atoms with E-state index in [9.17, 15) is 4.79 Å². The summed E-state index contributed by atoms with van der Waals surface area (Å²) in [6, 6.07) is 3.50. The van der Waals surface area contributed by atoms with E-state index in [4.69, 9.17) is 5.26 Å². The number of amides is 1. The summed E-state index contributed by atoms with van der Waals surface area (Å²) in [7, 11) is 0. The van der Waals surface area contributed by atoms with Gasteiger partial charge in [0.25, 0.3) is 5.91 Å². The van der Waals surface area contributed by atoms with Gasteiger partial charge in [0.2, 0.25) is 0 Å². The first-order chi connectivity index (χ1) is 5.84. The molecule has 0 spiro atoms. The van der Waals surface area contributed by atoms with Crippen LogP contribution in [0.3, 0.4) is 0 Å². The quantitative estimate of drug-likeness (QED) is 0.619. The molecule has 0 bridgehead atoms. The molecule has 0 saturated carbocycles. The Bertz CT molecular complexity index is 285. The first-order valence-electron chi connectivity index (χ1n) is 3.49. The van der Waals surface area contributed by atoms with Gasteiger partial charge in [-0.1, -0.05) is 0 Å². The number of carbonyl (C=O) groups excluding carboxylic acids is 1. The second-order valence-corrected chi connectivity index (χ2v) is 2.13. The van der Waals surface area contributed by atoms with E-state index >= 15 is 0 Å². The molecule has 5 heteroatoms. The molecule has 0 saturated heterocycles. The van der Waals surface area contributed by atoms with Gasteiger partial charge in [-0.25, -0.2) is 0 Å². The lowest BCUT2D eigenvalue weighted by Crippen LogP contribution is -2.24. The topological polar surface area (TPSA) is 81.6 Å². The van der Waals surface area contributed by atoms with Crippen LogP contribution >= 0.6 is 0 Å². The molecular weight excluding hydrogens is 156 g/mol. The molecule has 1 amide bonds. The highest BCUT2D eigenvalue weighted by Gasteiger charge is 2.03. The number of hydrogen-bond donors (Lipinski definition) is 2. The van der Waals surface area contributed by atoms with Crippen molar-refractivity contribution >= 4 is 5.91 Å². The zero-order chi connectivity index (χ0) is 8.81. The van der Waals surface area contributed by atoms with E-state index in [1.54, 1.807) is 6.07 Å². The first-order valence-corrected chi connectivity index (χ1v) is 3.49. The summed E-state index contributed by atoms with van der Waals surface area (Å²) >= 11 is 0. The first kappa shape index (κ1) is 8.27. The van der Waals surface area contributed by atoms with E-state index in [1.165, 1.54) is 6.20 Å². The van der Waals surface area contributed by atoms with Crippen molar-refractivity contribution in [2.45, 2.75) is 6.42 Å². The van der Waals surface area contributed by atoms with Gasteiger partial charge < -0.3 is 5.32 Å². The van der Waals surface area contributed by atoms with Crippen molar-refractivity contribution in [1.29, 1.82) is 5.26 Å². The molecule has 0 radical (unpaired) electrons. The smallest absolute Gasteiger partial charge is 0.269 e. The van der Waals surface area contributed by atoms with Crippen LogP contribution in [0.4, 0.5) is 0 Å².